The molecule has 1 aromatic rings. The average Bonchev–Trinajstić information content (AvgIpc) is 2.56. The molecule has 0 bridgehead atoms. The topological polar surface area (TPSA) is 61.4 Å². The van der Waals surface area contributed by atoms with Gasteiger partial charge in [-0.15, -0.1) is 0 Å². The molecule has 1 heterocycles. The summed E-state index contributed by atoms with van der Waals surface area (Å²) in [4.78, 5) is 26.5. The molecule has 0 aromatic heterocycles. The highest BCUT2D eigenvalue weighted by Crippen LogP contribution is 2.19. The summed E-state index contributed by atoms with van der Waals surface area (Å²) >= 11 is 0. The van der Waals surface area contributed by atoms with Crippen LogP contribution < -0.4 is 10.6 Å². The summed E-state index contributed by atoms with van der Waals surface area (Å²) in [6.45, 7) is 6.18. The van der Waals surface area contributed by atoms with Crippen LogP contribution in [0.2, 0.25) is 0 Å². The second-order valence-electron chi connectivity index (χ2n) is 6.66. The normalized spacial score (nSPS) is 17.2. The summed E-state index contributed by atoms with van der Waals surface area (Å²) in [5.41, 5.74) is 0.842. The highest BCUT2D eigenvalue weighted by atomic mass is 16.2. The lowest BCUT2D eigenvalue weighted by molar-refractivity contribution is -0.123. The zero-order valence-electron chi connectivity index (χ0n) is 14.8. The van der Waals surface area contributed by atoms with Crippen LogP contribution in [0, 0.1) is 5.92 Å². The van der Waals surface area contributed by atoms with E-state index in [1.807, 2.05) is 37.3 Å². The number of rotatable bonds is 7. The van der Waals surface area contributed by atoms with Crippen LogP contribution in [-0.4, -0.2) is 42.4 Å². The Labute approximate surface area is 144 Å². The van der Waals surface area contributed by atoms with Crippen molar-refractivity contribution in [1.29, 1.82) is 0 Å². The van der Waals surface area contributed by atoms with E-state index in [1.165, 1.54) is 0 Å². The van der Waals surface area contributed by atoms with Gasteiger partial charge < -0.3 is 10.6 Å². The number of anilines is 1. The van der Waals surface area contributed by atoms with E-state index in [0.717, 1.165) is 44.5 Å². The van der Waals surface area contributed by atoms with Crippen LogP contribution >= 0.6 is 0 Å². The van der Waals surface area contributed by atoms with Crippen LogP contribution in [0.1, 0.15) is 39.5 Å². The average molecular weight is 331 g/mol. The maximum Gasteiger partial charge on any atom is 0.234 e. The van der Waals surface area contributed by atoms with Crippen molar-refractivity contribution in [3.63, 3.8) is 0 Å². The van der Waals surface area contributed by atoms with Crippen molar-refractivity contribution in [1.82, 2.24) is 10.2 Å². The molecular weight excluding hydrogens is 302 g/mol. The number of benzene rings is 1. The van der Waals surface area contributed by atoms with Crippen molar-refractivity contribution >= 4 is 17.5 Å². The molecule has 0 aliphatic carbocycles. The van der Waals surface area contributed by atoms with E-state index in [2.05, 4.69) is 22.5 Å². The first-order valence-corrected chi connectivity index (χ1v) is 8.96. The standard InChI is InChI=1S/C19H29N3O2/c1-3-7-15(2)20-18(23)14-22-12-10-16(11-13-22)19(24)21-17-8-5-4-6-9-17/h4-6,8-9,15-16H,3,7,10-14H2,1-2H3,(H,20,23)(H,21,24). The van der Waals surface area contributed by atoms with Crippen LogP contribution in [0.3, 0.4) is 0 Å². The Hall–Kier alpha value is -1.88. The molecule has 24 heavy (non-hydrogen) atoms. The fourth-order valence-electron chi connectivity index (χ4n) is 3.15. The van der Waals surface area contributed by atoms with Gasteiger partial charge in [-0.1, -0.05) is 31.5 Å². The first-order valence-electron chi connectivity index (χ1n) is 8.96. The minimum atomic E-state index is 0.0310. The Kier molecular flexibility index (Phi) is 7.25. The first-order chi connectivity index (χ1) is 11.6. The van der Waals surface area contributed by atoms with Gasteiger partial charge in [0.05, 0.1) is 6.54 Å². The Morgan fingerprint density at radius 2 is 1.88 bits per heavy atom. The highest BCUT2D eigenvalue weighted by molar-refractivity contribution is 5.92. The van der Waals surface area contributed by atoms with Crippen LogP contribution in [0.5, 0.6) is 0 Å². The number of para-hydroxylation sites is 1. The number of nitrogens with zero attached hydrogens (tertiary/aromatic N) is 1. The molecule has 0 radical (unpaired) electrons. The quantitative estimate of drug-likeness (QED) is 0.807. The number of amides is 2. The van der Waals surface area contributed by atoms with E-state index in [9.17, 15) is 9.59 Å². The molecule has 2 N–H and O–H groups in total. The lowest BCUT2D eigenvalue weighted by Crippen LogP contribution is -2.45. The van der Waals surface area contributed by atoms with Crippen molar-refractivity contribution in [3.8, 4) is 0 Å². The van der Waals surface area contributed by atoms with Gasteiger partial charge in [-0.05, 0) is 51.4 Å². The molecule has 1 aliphatic heterocycles. The molecule has 0 saturated carbocycles. The Bertz CT molecular complexity index is 525. The molecule has 0 spiro atoms. The largest absolute Gasteiger partial charge is 0.353 e. The minimum Gasteiger partial charge on any atom is -0.353 e. The highest BCUT2D eigenvalue weighted by Gasteiger charge is 2.26. The van der Waals surface area contributed by atoms with E-state index in [1.54, 1.807) is 0 Å². The Morgan fingerprint density at radius 1 is 1.21 bits per heavy atom. The maximum atomic E-state index is 12.3. The number of likely N-dealkylation sites (tertiary alicyclic amines) is 1. The SMILES string of the molecule is CCCC(C)NC(=O)CN1CCC(C(=O)Nc2ccccc2)CC1. The van der Waals surface area contributed by atoms with Gasteiger partial charge in [0.15, 0.2) is 0 Å². The second kappa shape index (κ2) is 9.42. The predicted octanol–water partition coefficient (Wildman–Crippen LogP) is 2.64. The third-order valence-corrected chi connectivity index (χ3v) is 4.50. The Balaban J connectivity index is 1.71. The van der Waals surface area contributed by atoms with E-state index in [-0.39, 0.29) is 23.8 Å². The molecule has 5 nitrogen and oxygen atoms in total. The van der Waals surface area contributed by atoms with Gasteiger partial charge in [0.2, 0.25) is 11.8 Å². The second-order valence-corrected chi connectivity index (χ2v) is 6.66. The van der Waals surface area contributed by atoms with Gasteiger partial charge in [-0.2, -0.15) is 0 Å². The number of carbonyl (C=O) groups excluding carboxylic acids is 2. The summed E-state index contributed by atoms with van der Waals surface area (Å²) in [7, 11) is 0. The molecule has 1 aliphatic rings. The van der Waals surface area contributed by atoms with Crippen LogP contribution in [0.15, 0.2) is 30.3 Å². The predicted molar refractivity (Wildman–Crippen MR) is 96.7 cm³/mol. The summed E-state index contributed by atoms with van der Waals surface area (Å²) in [6.07, 6.45) is 3.68. The fraction of sp³-hybridized carbons (Fsp3) is 0.579. The number of hydrogen-bond acceptors (Lipinski definition) is 3. The van der Waals surface area contributed by atoms with Crippen molar-refractivity contribution in [2.24, 2.45) is 5.92 Å². The van der Waals surface area contributed by atoms with Crippen molar-refractivity contribution in [2.75, 3.05) is 25.0 Å². The molecule has 132 valence electrons. The fourth-order valence-corrected chi connectivity index (χ4v) is 3.15. The van der Waals surface area contributed by atoms with Gasteiger partial charge in [0.25, 0.3) is 0 Å². The molecule has 2 rings (SSSR count). The molecule has 1 saturated heterocycles. The zero-order valence-corrected chi connectivity index (χ0v) is 14.8. The molecule has 1 unspecified atom stereocenters. The van der Waals surface area contributed by atoms with E-state index < -0.39 is 0 Å². The third-order valence-electron chi connectivity index (χ3n) is 4.50. The molecule has 1 atom stereocenters. The first kappa shape index (κ1) is 18.5. The van der Waals surface area contributed by atoms with Gasteiger partial charge >= 0.3 is 0 Å². The molecular formula is C19H29N3O2. The van der Waals surface area contributed by atoms with Gasteiger partial charge in [0, 0.05) is 17.6 Å². The van der Waals surface area contributed by atoms with Crippen molar-refractivity contribution in [3.05, 3.63) is 30.3 Å². The third kappa shape index (κ3) is 5.96. The number of nitrogens with one attached hydrogen (secondary N) is 2. The number of hydrogen-bond donors (Lipinski definition) is 2. The van der Waals surface area contributed by atoms with Crippen LogP contribution in [0.25, 0.3) is 0 Å². The number of carbonyl (C=O) groups is 2. The van der Waals surface area contributed by atoms with Crippen molar-refractivity contribution in [2.45, 2.75) is 45.6 Å². The zero-order chi connectivity index (χ0) is 17.4. The van der Waals surface area contributed by atoms with Gasteiger partial charge in [0.1, 0.15) is 0 Å². The smallest absolute Gasteiger partial charge is 0.234 e. The monoisotopic (exact) mass is 331 g/mol. The van der Waals surface area contributed by atoms with Gasteiger partial charge in [-0.3, -0.25) is 14.5 Å². The molecule has 2 amide bonds. The number of piperidine rings is 1. The van der Waals surface area contributed by atoms with Gasteiger partial charge in [-0.25, -0.2) is 0 Å². The lowest BCUT2D eigenvalue weighted by atomic mass is 9.96. The summed E-state index contributed by atoms with van der Waals surface area (Å²) in [5, 5.41) is 6.01. The summed E-state index contributed by atoms with van der Waals surface area (Å²) in [6, 6.07) is 9.79. The van der Waals surface area contributed by atoms with E-state index in [0.29, 0.717) is 6.54 Å². The van der Waals surface area contributed by atoms with Crippen LogP contribution in [-0.2, 0) is 9.59 Å². The molecule has 1 fully saturated rings. The van der Waals surface area contributed by atoms with Crippen molar-refractivity contribution < 1.29 is 9.59 Å². The lowest BCUT2D eigenvalue weighted by Gasteiger charge is -2.31. The molecule has 5 heteroatoms. The van der Waals surface area contributed by atoms with Crippen LogP contribution in [0.4, 0.5) is 5.69 Å². The maximum absolute atomic E-state index is 12.3. The summed E-state index contributed by atoms with van der Waals surface area (Å²) in [5.74, 6) is 0.202. The van der Waals surface area contributed by atoms with E-state index >= 15 is 0 Å². The minimum absolute atomic E-state index is 0.0310. The summed E-state index contributed by atoms with van der Waals surface area (Å²) < 4.78 is 0. The molecule has 1 aromatic carbocycles. The Morgan fingerprint density at radius 3 is 2.50 bits per heavy atom. The van der Waals surface area contributed by atoms with E-state index in [4.69, 9.17) is 0 Å².